The fourth-order valence-corrected chi connectivity index (χ4v) is 2.50. The lowest BCUT2D eigenvalue weighted by molar-refractivity contribution is -0.138. The zero-order chi connectivity index (χ0) is 17.7. The zero-order valence-electron chi connectivity index (χ0n) is 13.3. The van der Waals surface area contributed by atoms with Crippen molar-refractivity contribution >= 4 is 12.0 Å². The van der Waals surface area contributed by atoms with Crippen molar-refractivity contribution in [2.45, 2.75) is 19.5 Å². The first-order valence-corrected chi connectivity index (χ1v) is 7.67. The summed E-state index contributed by atoms with van der Waals surface area (Å²) in [6.07, 6.45) is -4.93. The van der Waals surface area contributed by atoms with Crippen molar-refractivity contribution in [1.29, 1.82) is 0 Å². The number of hydrogen-bond acceptors (Lipinski definition) is 3. The minimum atomic E-state index is -4.43. The number of carbonyl (C=O) groups excluding carboxylic acids is 2. The van der Waals surface area contributed by atoms with Crippen molar-refractivity contribution in [2.75, 3.05) is 32.8 Å². The Morgan fingerprint density at radius 2 is 1.75 bits per heavy atom. The summed E-state index contributed by atoms with van der Waals surface area (Å²) in [5.41, 5.74) is -0.442. The summed E-state index contributed by atoms with van der Waals surface area (Å²) in [6, 6.07) is 4.77. The zero-order valence-corrected chi connectivity index (χ0v) is 13.3. The molecule has 0 bridgehead atoms. The van der Waals surface area contributed by atoms with Gasteiger partial charge in [0, 0.05) is 26.2 Å². The van der Waals surface area contributed by atoms with Gasteiger partial charge in [0.05, 0.1) is 18.6 Å². The molecule has 1 aromatic rings. The molecule has 8 heteroatoms. The monoisotopic (exact) mass is 344 g/mol. The predicted molar refractivity (Wildman–Crippen MR) is 80.3 cm³/mol. The lowest BCUT2D eigenvalue weighted by atomic mass is 10.1. The van der Waals surface area contributed by atoms with E-state index in [4.69, 9.17) is 4.74 Å². The van der Waals surface area contributed by atoms with E-state index in [1.165, 1.54) is 17.0 Å². The van der Waals surface area contributed by atoms with Crippen LogP contribution in [0.25, 0.3) is 0 Å². The van der Waals surface area contributed by atoms with Gasteiger partial charge in [-0.1, -0.05) is 18.2 Å². The molecule has 1 aliphatic rings. The molecule has 0 N–H and O–H groups in total. The molecule has 2 rings (SSSR count). The van der Waals surface area contributed by atoms with Crippen molar-refractivity contribution in [3.8, 4) is 0 Å². The Morgan fingerprint density at radius 3 is 2.33 bits per heavy atom. The normalized spacial score (nSPS) is 15.3. The van der Waals surface area contributed by atoms with Crippen LogP contribution in [-0.4, -0.2) is 54.6 Å². The highest BCUT2D eigenvalue weighted by atomic mass is 19.4. The van der Waals surface area contributed by atoms with E-state index in [9.17, 15) is 22.8 Å². The van der Waals surface area contributed by atoms with Crippen molar-refractivity contribution in [2.24, 2.45) is 0 Å². The van der Waals surface area contributed by atoms with Crippen molar-refractivity contribution in [3.63, 3.8) is 0 Å². The van der Waals surface area contributed by atoms with Crippen LogP contribution in [-0.2, 0) is 22.1 Å². The molecule has 5 nitrogen and oxygen atoms in total. The molecule has 1 heterocycles. The Balaban J connectivity index is 1.91. The van der Waals surface area contributed by atoms with Gasteiger partial charge in [-0.15, -0.1) is 0 Å². The number of rotatable bonds is 3. The number of hydrogen-bond donors (Lipinski definition) is 0. The highest BCUT2D eigenvalue weighted by Gasteiger charge is 2.31. The maximum absolute atomic E-state index is 12.7. The molecule has 0 aromatic heterocycles. The number of piperazine rings is 1. The van der Waals surface area contributed by atoms with Crippen LogP contribution in [0.1, 0.15) is 18.1 Å². The second-order valence-electron chi connectivity index (χ2n) is 5.44. The second kappa shape index (κ2) is 7.55. The van der Waals surface area contributed by atoms with Gasteiger partial charge in [-0.2, -0.15) is 13.2 Å². The third-order valence-electron chi connectivity index (χ3n) is 3.77. The van der Waals surface area contributed by atoms with Gasteiger partial charge in [-0.3, -0.25) is 4.79 Å². The van der Waals surface area contributed by atoms with Crippen LogP contribution in [0, 0.1) is 0 Å². The molecule has 1 aromatic carbocycles. The van der Waals surface area contributed by atoms with E-state index in [0.29, 0.717) is 31.7 Å². The molecule has 1 fully saturated rings. The Morgan fingerprint density at radius 1 is 1.12 bits per heavy atom. The van der Waals surface area contributed by atoms with Crippen LogP contribution in [0.2, 0.25) is 0 Å². The molecule has 2 amide bonds. The van der Waals surface area contributed by atoms with Crippen LogP contribution in [0.5, 0.6) is 0 Å². The molecule has 0 saturated carbocycles. The van der Waals surface area contributed by atoms with E-state index in [-0.39, 0.29) is 18.9 Å². The summed E-state index contributed by atoms with van der Waals surface area (Å²) in [5, 5.41) is 0. The quantitative estimate of drug-likeness (QED) is 0.847. The summed E-state index contributed by atoms with van der Waals surface area (Å²) < 4.78 is 43.0. The van der Waals surface area contributed by atoms with E-state index in [2.05, 4.69) is 0 Å². The smallest absolute Gasteiger partial charge is 0.416 e. The highest BCUT2D eigenvalue weighted by Crippen LogP contribution is 2.29. The van der Waals surface area contributed by atoms with Crippen LogP contribution in [0.15, 0.2) is 24.3 Å². The lowest BCUT2D eigenvalue weighted by Crippen LogP contribution is -2.51. The molecule has 0 spiro atoms. The maximum atomic E-state index is 12.7. The van der Waals surface area contributed by atoms with Crippen molar-refractivity contribution in [3.05, 3.63) is 35.4 Å². The van der Waals surface area contributed by atoms with Gasteiger partial charge in [0.2, 0.25) is 5.91 Å². The predicted octanol–water partition coefficient (Wildman–Crippen LogP) is 2.55. The summed E-state index contributed by atoms with van der Waals surface area (Å²) in [6.45, 7) is 3.40. The first kappa shape index (κ1) is 18.1. The number of halogens is 3. The molecule has 1 aliphatic heterocycles. The third kappa shape index (κ3) is 4.62. The van der Waals surface area contributed by atoms with Gasteiger partial charge in [0.1, 0.15) is 0 Å². The molecular formula is C16H19F3N2O3. The summed E-state index contributed by atoms with van der Waals surface area (Å²) in [5.74, 6) is -0.252. The molecular weight excluding hydrogens is 325 g/mol. The van der Waals surface area contributed by atoms with Crippen LogP contribution in [0.4, 0.5) is 18.0 Å². The molecule has 24 heavy (non-hydrogen) atoms. The van der Waals surface area contributed by atoms with Crippen molar-refractivity contribution in [1.82, 2.24) is 9.80 Å². The Kier molecular flexibility index (Phi) is 5.69. The average Bonchev–Trinajstić information content (AvgIpc) is 2.54. The van der Waals surface area contributed by atoms with Gasteiger partial charge in [-0.05, 0) is 18.6 Å². The van der Waals surface area contributed by atoms with Crippen LogP contribution >= 0.6 is 0 Å². The first-order valence-electron chi connectivity index (χ1n) is 7.67. The Labute approximate surface area is 138 Å². The van der Waals surface area contributed by atoms with Crippen LogP contribution < -0.4 is 0 Å². The first-order chi connectivity index (χ1) is 11.3. The maximum Gasteiger partial charge on any atom is 0.416 e. The summed E-state index contributed by atoms with van der Waals surface area (Å²) in [4.78, 5) is 26.9. The van der Waals surface area contributed by atoms with E-state index >= 15 is 0 Å². The summed E-state index contributed by atoms with van der Waals surface area (Å²) >= 11 is 0. The van der Waals surface area contributed by atoms with Crippen molar-refractivity contribution < 1.29 is 27.5 Å². The molecule has 0 aliphatic carbocycles. The van der Waals surface area contributed by atoms with Gasteiger partial charge >= 0.3 is 12.3 Å². The Hall–Kier alpha value is -2.25. The highest BCUT2D eigenvalue weighted by molar-refractivity contribution is 5.79. The number of ether oxygens (including phenoxy) is 1. The molecule has 0 atom stereocenters. The van der Waals surface area contributed by atoms with Gasteiger partial charge in [0.15, 0.2) is 0 Å². The number of nitrogens with zero attached hydrogens (tertiary/aromatic N) is 2. The van der Waals surface area contributed by atoms with E-state index < -0.39 is 17.8 Å². The largest absolute Gasteiger partial charge is 0.450 e. The molecule has 1 saturated heterocycles. The topological polar surface area (TPSA) is 49.9 Å². The molecule has 0 radical (unpaired) electrons. The lowest BCUT2D eigenvalue weighted by Gasteiger charge is -2.34. The third-order valence-corrected chi connectivity index (χ3v) is 3.77. The fraction of sp³-hybridized carbons (Fsp3) is 0.500. The van der Waals surface area contributed by atoms with Gasteiger partial charge in [0.25, 0.3) is 0 Å². The minimum absolute atomic E-state index is 0.0939. The number of benzene rings is 1. The fourth-order valence-electron chi connectivity index (χ4n) is 2.50. The number of alkyl halides is 3. The SMILES string of the molecule is CCOC(=O)N1CCN(C(=O)Cc2cccc(C(F)(F)F)c2)CC1. The molecule has 0 unspecified atom stereocenters. The standard InChI is InChI=1S/C16H19F3N2O3/c1-2-24-15(23)21-8-6-20(7-9-21)14(22)11-12-4-3-5-13(10-12)16(17,18)19/h3-5,10H,2,6-9,11H2,1H3. The average molecular weight is 344 g/mol. The van der Waals surface area contributed by atoms with E-state index in [1.54, 1.807) is 11.8 Å². The minimum Gasteiger partial charge on any atom is -0.450 e. The second-order valence-corrected chi connectivity index (χ2v) is 5.44. The van der Waals surface area contributed by atoms with Crippen LogP contribution in [0.3, 0.4) is 0 Å². The number of carbonyl (C=O) groups is 2. The summed E-state index contributed by atoms with van der Waals surface area (Å²) in [7, 11) is 0. The van der Waals surface area contributed by atoms with Gasteiger partial charge < -0.3 is 14.5 Å². The van der Waals surface area contributed by atoms with E-state index in [0.717, 1.165) is 12.1 Å². The van der Waals surface area contributed by atoms with E-state index in [1.807, 2.05) is 0 Å². The van der Waals surface area contributed by atoms with Gasteiger partial charge in [-0.25, -0.2) is 4.79 Å². The molecule has 132 valence electrons. The number of amides is 2. The Bertz CT molecular complexity index is 596.